The van der Waals surface area contributed by atoms with Crippen LogP contribution in [0.25, 0.3) is 0 Å². The third-order valence-corrected chi connectivity index (χ3v) is 4.62. The van der Waals surface area contributed by atoms with Crippen molar-refractivity contribution in [3.63, 3.8) is 0 Å². The molecule has 5 nitrogen and oxygen atoms in total. The minimum atomic E-state index is -3.68. The molecule has 0 fully saturated rings. The van der Waals surface area contributed by atoms with Crippen LogP contribution in [-0.2, 0) is 14.8 Å². The molecule has 19 heavy (non-hydrogen) atoms. The Hall–Kier alpha value is -1.36. The van der Waals surface area contributed by atoms with Gasteiger partial charge in [0.25, 0.3) is 0 Å². The van der Waals surface area contributed by atoms with Crippen LogP contribution in [-0.4, -0.2) is 38.8 Å². The number of likely N-dealkylation sites (N-methyl/N-ethyl adjacent to an activating group) is 1. The van der Waals surface area contributed by atoms with Gasteiger partial charge in [0.05, 0.1) is 18.0 Å². The van der Waals surface area contributed by atoms with Crippen molar-refractivity contribution in [1.29, 1.82) is 0 Å². The molecule has 7 heteroatoms. The monoisotopic (exact) mass is 344 g/mol. The summed E-state index contributed by atoms with van der Waals surface area (Å²) in [6, 6.07) is 6.18. The first-order valence-electron chi connectivity index (χ1n) is 5.30. The van der Waals surface area contributed by atoms with Crippen molar-refractivity contribution >= 4 is 31.9 Å². The van der Waals surface area contributed by atoms with Crippen molar-refractivity contribution in [2.45, 2.75) is 4.90 Å². The molecule has 1 aromatic carbocycles. The molecule has 102 valence electrons. The van der Waals surface area contributed by atoms with Crippen molar-refractivity contribution in [3.05, 3.63) is 28.7 Å². The molecule has 0 aliphatic rings. The van der Waals surface area contributed by atoms with Crippen LogP contribution in [0.2, 0.25) is 0 Å². The molecule has 0 atom stereocenters. The number of halogens is 1. The maximum atomic E-state index is 12.1. The van der Waals surface area contributed by atoms with Crippen molar-refractivity contribution < 1.29 is 13.2 Å². The smallest absolute Gasteiger partial charge is 0.243 e. The number of terminal acetylenes is 1. The number of sulfonamides is 1. The number of nitrogens with zero attached hydrogens (tertiary/aromatic N) is 1. The van der Waals surface area contributed by atoms with Gasteiger partial charge in [0.1, 0.15) is 0 Å². The summed E-state index contributed by atoms with van der Waals surface area (Å²) < 4.78 is 26.0. The Balaban J connectivity index is 2.80. The summed E-state index contributed by atoms with van der Waals surface area (Å²) >= 11 is 3.23. The largest absolute Gasteiger partial charge is 0.344 e. The normalized spacial score (nSPS) is 11.1. The number of hydrogen-bond donors (Lipinski definition) is 1. The van der Waals surface area contributed by atoms with Crippen LogP contribution < -0.4 is 5.32 Å². The molecule has 0 spiro atoms. The highest BCUT2D eigenvalue weighted by Gasteiger charge is 2.22. The summed E-state index contributed by atoms with van der Waals surface area (Å²) in [6.45, 7) is -0.203. The van der Waals surface area contributed by atoms with Crippen LogP contribution in [0, 0.1) is 12.3 Å². The Bertz CT molecular complexity index is 590. The Kier molecular flexibility index (Phi) is 5.54. The van der Waals surface area contributed by atoms with Crippen LogP contribution in [0.4, 0.5) is 0 Å². The molecule has 0 aliphatic heterocycles. The minimum Gasteiger partial charge on any atom is -0.344 e. The Morgan fingerprint density at radius 3 is 2.53 bits per heavy atom. The molecule has 0 radical (unpaired) electrons. The first-order chi connectivity index (χ1) is 8.87. The molecular weight excluding hydrogens is 332 g/mol. The fourth-order valence-corrected chi connectivity index (χ4v) is 2.67. The summed E-state index contributed by atoms with van der Waals surface area (Å²) in [7, 11) is -2.34. The number of nitrogens with one attached hydrogen (secondary N) is 1. The van der Waals surface area contributed by atoms with Crippen LogP contribution in [0.1, 0.15) is 0 Å². The molecule has 0 heterocycles. The standard InChI is InChI=1S/C12H13BrN2O3S/c1-3-8-14-12(16)9-15(2)19(17,18)11-6-4-10(13)5-7-11/h1,4-7H,8-9H2,2H3,(H,14,16). The van der Waals surface area contributed by atoms with Gasteiger partial charge in [0.2, 0.25) is 15.9 Å². The number of rotatable bonds is 5. The van der Waals surface area contributed by atoms with Gasteiger partial charge in [-0.3, -0.25) is 4.79 Å². The van der Waals surface area contributed by atoms with Gasteiger partial charge in [-0.25, -0.2) is 8.42 Å². The number of benzene rings is 1. The van der Waals surface area contributed by atoms with Gasteiger partial charge in [-0.2, -0.15) is 4.31 Å². The second-order valence-corrected chi connectivity index (χ2v) is 6.66. The maximum absolute atomic E-state index is 12.1. The molecule has 0 saturated carbocycles. The molecule has 0 bridgehead atoms. The van der Waals surface area contributed by atoms with Crippen molar-refractivity contribution in [3.8, 4) is 12.3 Å². The fraction of sp³-hybridized carbons (Fsp3) is 0.250. The second-order valence-electron chi connectivity index (χ2n) is 3.70. The first kappa shape index (κ1) is 15.7. The van der Waals surface area contributed by atoms with E-state index in [9.17, 15) is 13.2 Å². The highest BCUT2D eigenvalue weighted by atomic mass is 79.9. The van der Waals surface area contributed by atoms with E-state index in [1.165, 1.54) is 19.2 Å². The first-order valence-corrected chi connectivity index (χ1v) is 7.53. The number of hydrogen-bond acceptors (Lipinski definition) is 3. The van der Waals surface area contributed by atoms with E-state index in [0.717, 1.165) is 8.78 Å². The van der Waals surface area contributed by atoms with Gasteiger partial charge in [0.15, 0.2) is 0 Å². The topological polar surface area (TPSA) is 66.5 Å². The zero-order valence-electron chi connectivity index (χ0n) is 10.3. The summed E-state index contributed by atoms with van der Waals surface area (Å²) in [5, 5.41) is 2.41. The Labute approximate surface area is 121 Å². The summed E-state index contributed by atoms with van der Waals surface area (Å²) in [5.74, 6) is 1.80. The molecule has 0 aromatic heterocycles. The van der Waals surface area contributed by atoms with Gasteiger partial charge >= 0.3 is 0 Å². The predicted octanol–water partition coefficient (Wildman–Crippen LogP) is 0.819. The van der Waals surface area contributed by atoms with Gasteiger partial charge in [-0.1, -0.05) is 21.9 Å². The van der Waals surface area contributed by atoms with Gasteiger partial charge in [-0.05, 0) is 24.3 Å². The molecule has 0 saturated heterocycles. The summed E-state index contributed by atoms with van der Waals surface area (Å²) in [4.78, 5) is 11.6. The lowest BCUT2D eigenvalue weighted by Gasteiger charge is -2.16. The maximum Gasteiger partial charge on any atom is 0.243 e. The molecule has 0 unspecified atom stereocenters. The molecule has 1 N–H and O–H groups in total. The van der Waals surface area contributed by atoms with Gasteiger partial charge in [0, 0.05) is 11.5 Å². The second kappa shape index (κ2) is 6.70. The molecule has 0 aliphatic carbocycles. The van der Waals surface area contributed by atoms with Crippen LogP contribution in [0.3, 0.4) is 0 Å². The molecule has 1 amide bonds. The zero-order valence-corrected chi connectivity index (χ0v) is 12.7. The lowest BCUT2D eigenvalue weighted by Crippen LogP contribution is -2.38. The lowest BCUT2D eigenvalue weighted by molar-refractivity contribution is -0.120. The lowest BCUT2D eigenvalue weighted by atomic mass is 10.4. The molecule has 1 rings (SSSR count). The fourth-order valence-electron chi connectivity index (χ4n) is 1.28. The van der Waals surface area contributed by atoms with Crippen LogP contribution in [0.15, 0.2) is 33.6 Å². The minimum absolute atomic E-state index is 0.0744. The van der Waals surface area contributed by atoms with Crippen molar-refractivity contribution in [2.75, 3.05) is 20.1 Å². The van der Waals surface area contributed by atoms with Crippen LogP contribution >= 0.6 is 15.9 Å². The highest BCUT2D eigenvalue weighted by molar-refractivity contribution is 9.10. The van der Waals surface area contributed by atoms with E-state index in [0.29, 0.717) is 0 Å². The summed E-state index contributed by atoms with van der Waals surface area (Å²) in [5.41, 5.74) is 0. The number of carbonyl (C=O) groups is 1. The third kappa shape index (κ3) is 4.35. The number of carbonyl (C=O) groups excluding carboxylic acids is 1. The van der Waals surface area contributed by atoms with E-state index in [2.05, 4.69) is 27.2 Å². The SMILES string of the molecule is C#CCNC(=O)CN(C)S(=O)(=O)c1ccc(Br)cc1. The Morgan fingerprint density at radius 1 is 1.42 bits per heavy atom. The van der Waals surface area contributed by atoms with E-state index >= 15 is 0 Å². The number of amides is 1. The third-order valence-electron chi connectivity index (χ3n) is 2.28. The highest BCUT2D eigenvalue weighted by Crippen LogP contribution is 2.17. The van der Waals surface area contributed by atoms with E-state index in [1.54, 1.807) is 12.1 Å². The average Bonchev–Trinajstić information content (AvgIpc) is 2.36. The zero-order chi connectivity index (χ0) is 14.5. The van der Waals surface area contributed by atoms with Crippen molar-refractivity contribution in [1.82, 2.24) is 9.62 Å². The van der Waals surface area contributed by atoms with Crippen molar-refractivity contribution in [2.24, 2.45) is 0 Å². The van der Waals surface area contributed by atoms with E-state index < -0.39 is 15.9 Å². The van der Waals surface area contributed by atoms with E-state index in [1.807, 2.05) is 0 Å². The molecule has 1 aromatic rings. The average molecular weight is 345 g/mol. The van der Waals surface area contributed by atoms with E-state index in [-0.39, 0.29) is 18.0 Å². The molecular formula is C12H13BrN2O3S. The van der Waals surface area contributed by atoms with Gasteiger partial charge < -0.3 is 5.32 Å². The quantitative estimate of drug-likeness (QED) is 0.804. The predicted molar refractivity (Wildman–Crippen MR) is 75.8 cm³/mol. The van der Waals surface area contributed by atoms with Crippen LogP contribution in [0.5, 0.6) is 0 Å². The Morgan fingerprint density at radius 2 is 2.00 bits per heavy atom. The van der Waals surface area contributed by atoms with Gasteiger partial charge in [-0.15, -0.1) is 6.42 Å². The van der Waals surface area contributed by atoms with E-state index in [4.69, 9.17) is 6.42 Å². The summed E-state index contributed by atoms with van der Waals surface area (Å²) in [6.07, 6.45) is 5.00.